The Labute approximate surface area is 105 Å². The van der Waals surface area contributed by atoms with Gasteiger partial charge >= 0.3 is 0 Å². The lowest BCUT2D eigenvalue weighted by Crippen LogP contribution is -2.32. The molecule has 3 heteroatoms. The van der Waals surface area contributed by atoms with Crippen molar-refractivity contribution in [3.63, 3.8) is 0 Å². The minimum atomic E-state index is 0.0227. The Hall–Kier alpha value is -0.580. The van der Waals surface area contributed by atoms with Crippen molar-refractivity contribution in [2.75, 3.05) is 0 Å². The van der Waals surface area contributed by atoms with E-state index in [9.17, 15) is 4.79 Å². The Kier molecular flexibility index (Phi) is 5.08. The fraction of sp³-hybridized carbons (Fsp3) is 0.417. The van der Waals surface area contributed by atoms with E-state index in [0.29, 0.717) is 0 Å². The highest BCUT2D eigenvalue weighted by molar-refractivity contribution is 14.1. The van der Waals surface area contributed by atoms with Crippen LogP contribution in [0, 0.1) is 3.57 Å². The first kappa shape index (κ1) is 12.5. The lowest BCUT2D eigenvalue weighted by Gasteiger charge is -2.12. The smallest absolute Gasteiger partial charge is 0.251 e. The summed E-state index contributed by atoms with van der Waals surface area (Å²) in [5.74, 6) is 0.0227. The molecule has 1 N–H and O–H groups in total. The first-order valence-corrected chi connectivity index (χ1v) is 6.27. The molecule has 1 aromatic rings. The van der Waals surface area contributed by atoms with Gasteiger partial charge in [0.2, 0.25) is 0 Å². The van der Waals surface area contributed by atoms with Gasteiger partial charge in [0.25, 0.3) is 5.91 Å². The molecule has 0 aliphatic carbocycles. The minimum Gasteiger partial charge on any atom is -0.350 e. The molecule has 0 spiro atoms. The summed E-state index contributed by atoms with van der Waals surface area (Å²) in [7, 11) is 0. The average Bonchev–Trinajstić information content (AvgIpc) is 2.18. The third-order valence-corrected chi connectivity index (χ3v) is 2.86. The number of benzene rings is 1. The molecule has 1 unspecified atom stereocenters. The largest absolute Gasteiger partial charge is 0.350 e. The Bertz CT molecular complexity index is 338. The second-order valence-electron chi connectivity index (χ2n) is 3.67. The second-order valence-corrected chi connectivity index (χ2v) is 4.92. The summed E-state index contributed by atoms with van der Waals surface area (Å²) >= 11 is 2.21. The molecule has 0 fully saturated rings. The van der Waals surface area contributed by atoms with Crippen molar-refractivity contribution in [1.29, 1.82) is 0 Å². The van der Waals surface area contributed by atoms with Crippen molar-refractivity contribution in [2.45, 2.75) is 32.7 Å². The number of carbonyl (C=O) groups excluding carboxylic acids is 1. The van der Waals surface area contributed by atoms with E-state index in [1.807, 2.05) is 31.2 Å². The van der Waals surface area contributed by atoms with Crippen LogP contribution in [0.15, 0.2) is 24.3 Å². The first-order valence-electron chi connectivity index (χ1n) is 5.20. The third kappa shape index (κ3) is 4.20. The van der Waals surface area contributed by atoms with Gasteiger partial charge in [0, 0.05) is 15.2 Å². The molecular weight excluding hydrogens is 301 g/mol. The summed E-state index contributed by atoms with van der Waals surface area (Å²) in [5.41, 5.74) is 0.741. The van der Waals surface area contributed by atoms with E-state index in [-0.39, 0.29) is 11.9 Å². The van der Waals surface area contributed by atoms with Crippen LogP contribution in [0.3, 0.4) is 0 Å². The summed E-state index contributed by atoms with van der Waals surface area (Å²) in [6.07, 6.45) is 2.11. The molecule has 0 saturated heterocycles. The molecule has 82 valence electrons. The predicted molar refractivity (Wildman–Crippen MR) is 71.0 cm³/mol. The summed E-state index contributed by atoms with van der Waals surface area (Å²) in [4.78, 5) is 11.8. The quantitative estimate of drug-likeness (QED) is 0.849. The van der Waals surface area contributed by atoms with Crippen molar-refractivity contribution < 1.29 is 4.79 Å². The number of carbonyl (C=O) groups is 1. The summed E-state index contributed by atoms with van der Waals surface area (Å²) in [6.45, 7) is 4.16. The van der Waals surface area contributed by atoms with Crippen LogP contribution < -0.4 is 5.32 Å². The topological polar surface area (TPSA) is 29.1 Å². The number of amides is 1. The maximum Gasteiger partial charge on any atom is 0.251 e. The van der Waals surface area contributed by atoms with Gasteiger partial charge in [-0.1, -0.05) is 19.4 Å². The van der Waals surface area contributed by atoms with Gasteiger partial charge in [-0.25, -0.2) is 0 Å². The molecule has 0 saturated carbocycles. The zero-order valence-electron chi connectivity index (χ0n) is 9.09. The van der Waals surface area contributed by atoms with E-state index >= 15 is 0 Å². The molecule has 0 aliphatic heterocycles. The normalized spacial score (nSPS) is 12.2. The van der Waals surface area contributed by atoms with Gasteiger partial charge < -0.3 is 5.32 Å². The molecular formula is C12H16INO. The van der Waals surface area contributed by atoms with E-state index in [2.05, 4.69) is 34.8 Å². The fourth-order valence-corrected chi connectivity index (χ4v) is 1.99. The molecule has 0 aliphatic rings. The fourth-order valence-electron chi connectivity index (χ4n) is 1.44. The Morgan fingerprint density at radius 1 is 1.53 bits per heavy atom. The van der Waals surface area contributed by atoms with E-state index < -0.39 is 0 Å². The Balaban J connectivity index is 2.61. The summed E-state index contributed by atoms with van der Waals surface area (Å²) < 4.78 is 1.09. The van der Waals surface area contributed by atoms with Crippen molar-refractivity contribution in [3.05, 3.63) is 33.4 Å². The van der Waals surface area contributed by atoms with E-state index in [1.54, 1.807) is 0 Å². The molecule has 15 heavy (non-hydrogen) atoms. The number of halogens is 1. The van der Waals surface area contributed by atoms with Gasteiger partial charge in [-0.15, -0.1) is 0 Å². The van der Waals surface area contributed by atoms with Gasteiger partial charge in [-0.3, -0.25) is 4.79 Å². The van der Waals surface area contributed by atoms with Gasteiger partial charge in [-0.2, -0.15) is 0 Å². The van der Waals surface area contributed by atoms with Gasteiger partial charge in [0.15, 0.2) is 0 Å². The van der Waals surface area contributed by atoms with Gasteiger partial charge in [0.1, 0.15) is 0 Å². The average molecular weight is 317 g/mol. The molecule has 1 atom stereocenters. The number of hydrogen-bond acceptors (Lipinski definition) is 1. The highest BCUT2D eigenvalue weighted by Crippen LogP contribution is 2.08. The standard InChI is InChI=1S/C12H16INO/c1-3-5-9(2)14-12(15)10-6-4-7-11(13)8-10/h4,6-9H,3,5H2,1-2H3,(H,14,15). The van der Waals surface area contributed by atoms with Crippen LogP contribution in [0.2, 0.25) is 0 Å². The second kappa shape index (κ2) is 6.10. The van der Waals surface area contributed by atoms with Crippen molar-refractivity contribution in [1.82, 2.24) is 5.32 Å². The SMILES string of the molecule is CCCC(C)NC(=O)c1cccc(I)c1. The van der Waals surface area contributed by atoms with Gasteiger partial charge in [-0.05, 0) is 54.1 Å². The van der Waals surface area contributed by atoms with Crippen LogP contribution in [-0.2, 0) is 0 Å². The van der Waals surface area contributed by atoms with Crippen LogP contribution in [0.25, 0.3) is 0 Å². The van der Waals surface area contributed by atoms with Crippen molar-refractivity contribution in [2.24, 2.45) is 0 Å². The minimum absolute atomic E-state index is 0.0227. The van der Waals surface area contributed by atoms with Crippen LogP contribution in [-0.4, -0.2) is 11.9 Å². The molecule has 1 amide bonds. The third-order valence-electron chi connectivity index (χ3n) is 2.19. The van der Waals surface area contributed by atoms with Crippen LogP contribution in [0.4, 0.5) is 0 Å². The molecule has 0 bridgehead atoms. The lowest BCUT2D eigenvalue weighted by atomic mass is 10.1. The summed E-state index contributed by atoms with van der Waals surface area (Å²) in [5, 5.41) is 2.98. The number of hydrogen-bond donors (Lipinski definition) is 1. The zero-order chi connectivity index (χ0) is 11.3. The van der Waals surface area contributed by atoms with Crippen molar-refractivity contribution >= 4 is 28.5 Å². The van der Waals surface area contributed by atoms with E-state index in [1.165, 1.54) is 0 Å². The molecule has 0 radical (unpaired) electrons. The molecule has 2 nitrogen and oxygen atoms in total. The number of nitrogens with one attached hydrogen (secondary N) is 1. The first-order chi connectivity index (χ1) is 7.13. The van der Waals surface area contributed by atoms with Gasteiger partial charge in [0.05, 0.1) is 0 Å². The zero-order valence-corrected chi connectivity index (χ0v) is 11.2. The van der Waals surface area contributed by atoms with Crippen LogP contribution >= 0.6 is 22.6 Å². The maximum atomic E-state index is 11.8. The monoisotopic (exact) mass is 317 g/mol. The lowest BCUT2D eigenvalue weighted by molar-refractivity contribution is 0.0938. The number of rotatable bonds is 4. The van der Waals surface area contributed by atoms with Crippen LogP contribution in [0.1, 0.15) is 37.0 Å². The van der Waals surface area contributed by atoms with E-state index in [4.69, 9.17) is 0 Å². The predicted octanol–water partition coefficient (Wildman–Crippen LogP) is 3.21. The Morgan fingerprint density at radius 3 is 2.87 bits per heavy atom. The molecule has 0 aromatic heterocycles. The maximum absolute atomic E-state index is 11.8. The highest BCUT2D eigenvalue weighted by atomic mass is 127. The van der Waals surface area contributed by atoms with Crippen molar-refractivity contribution in [3.8, 4) is 0 Å². The molecule has 0 heterocycles. The summed E-state index contributed by atoms with van der Waals surface area (Å²) in [6, 6.07) is 7.87. The van der Waals surface area contributed by atoms with E-state index in [0.717, 1.165) is 22.0 Å². The molecule has 1 rings (SSSR count). The van der Waals surface area contributed by atoms with Crippen LogP contribution in [0.5, 0.6) is 0 Å². The molecule has 1 aromatic carbocycles. The highest BCUT2D eigenvalue weighted by Gasteiger charge is 2.08. The Morgan fingerprint density at radius 2 is 2.27 bits per heavy atom.